The fraction of sp³-hybridized carbons (Fsp3) is 0.267. The minimum absolute atomic E-state index is 0.0461. The first-order valence-corrected chi connectivity index (χ1v) is 13.2. The van der Waals surface area contributed by atoms with Crippen LogP contribution in [0.15, 0.2) is 54.7 Å². The summed E-state index contributed by atoms with van der Waals surface area (Å²) >= 11 is 0. The number of alkyl halides is 3. The van der Waals surface area contributed by atoms with Crippen LogP contribution in [-0.2, 0) is 30.4 Å². The van der Waals surface area contributed by atoms with Gasteiger partial charge in [-0.15, -0.1) is 0 Å². The first-order valence-electron chi connectivity index (χ1n) is 13.2. The Kier molecular flexibility index (Phi) is 8.10. The normalized spacial score (nSPS) is 15.4. The number of ketones is 1. The molecule has 1 unspecified atom stereocenters. The minimum atomic E-state index is -4.78. The summed E-state index contributed by atoms with van der Waals surface area (Å²) in [5.41, 5.74) is 4.64. The third kappa shape index (κ3) is 6.31. The molecule has 13 heteroatoms. The third-order valence-corrected chi connectivity index (χ3v) is 7.32. The summed E-state index contributed by atoms with van der Waals surface area (Å²) in [7, 11) is 0. The van der Waals surface area contributed by atoms with Crippen molar-refractivity contribution in [1.29, 1.82) is 0 Å². The highest BCUT2D eigenvalue weighted by Crippen LogP contribution is 2.40. The highest BCUT2D eigenvalue weighted by atomic mass is 19.4. The maximum absolute atomic E-state index is 14.2. The topological polar surface area (TPSA) is 111 Å². The zero-order valence-corrected chi connectivity index (χ0v) is 22.3. The molecule has 2 aromatic heterocycles. The molecular formula is C30H24F6N4O3. The van der Waals surface area contributed by atoms with E-state index >= 15 is 0 Å². The maximum Gasteiger partial charge on any atom is 0.435 e. The van der Waals surface area contributed by atoms with E-state index in [1.807, 2.05) is 0 Å². The van der Waals surface area contributed by atoms with Crippen LogP contribution in [-0.4, -0.2) is 31.6 Å². The molecule has 1 aliphatic rings. The van der Waals surface area contributed by atoms with Crippen molar-refractivity contribution in [3.05, 3.63) is 106 Å². The summed E-state index contributed by atoms with van der Waals surface area (Å²) in [5.74, 6) is -5.04. The Morgan fingerprint density at radius 3 is 2.47 bits per heavy atom. The van der Waals surface area contributed by atoms with E-state index in [2.05, 4.69) is 10.1 Å². The molecular weight excluding hydrogens is 578 g/mol. The summed E-state index contributed by atoms with van der Waals surface area (Å²) in [5, 5.41) is 13.9. The molecule has 7 nitrogen and oxygen atoms in total. The summed E-state index contributed by atoms with van der Waals surface area (Å²) in [6.45, 7) is -0.603. The largest absolute Gasteiger partial charge is 0.435 e. The molecule has 2 atom stereocenters. The number of carbonyl (C=O) groups excluding carboxylic acids is 2. The molecule has 2 heterocycles. The highest BCUT2D eigenvalue weighted by molar-refractivity contribution is 5.94. The number of fused-ring (bicyclic) bond motifs is 1. The Balaban J connectivity index is 1.53. The van der Waals surface area contributed by atoms with Gasteiger partial charge in [0.1, 0.15) is 17.5 Å². The fourth-order valence-electron chi connectivity index (χ4n) is 5.55. The Hall–Kier alpha value is -4.52. The predicted octanol–water partition coefficient (Wildman–Crippen LogP) is 5.45. The summed E-state index contributed by atoms with van der Waals surface area (Å²) in [6, 6.07) is 9.62. The highest BCUT2D eigenvalue weighted by Gasteiger charge is 2.42. The lowest BCUT2D eigenvalue weighted by molar-refractivity contribution is -0.142. The number of carbonyl (C=O) groups is 2. The van der Waals surface area contributed by atoms with E-state index in [1.165, 1.54) is 18.3 Å². The molecule has 43 heavy (non-hydrogen) atoms. The Morgan fingerprint density at radius 1 is 1.07 bits per heavy atom. The monoisotopic (exact) mass is 602 g/mol. The minimum Gasteiger partial charge on any atom is -0.387 e. The van der Waals surface area contributed by atoms with Crippen molar-refractivity contribution in [3.63, 3.8) is 0 Å². The second-order valence-corrected chi connectivity index (χ2v) is 10.3. The smallest absolute Gasteiger partial charge is 0.387 e. The fourth-order valence-corrected chi connectivity index (χ4v) is 5.55. The number of pyridine rings is 1. The van der Waals surface area contributed by atoms with Gasteiger partial charge in [-0.05, 0) is 60.7 Å². The van der Waals surface area contributed by atoms with Gasteiger partial charge in [0, 0.05) is 35.7 Å². The van der Waals surface area contributed by atoms with Crippen molar-refractivity contribution in [3.8, 4) is 11.1 Å². The number of hydrogen-bond donors (Lipinski definition) is 2. The van der Waals surface area contributed by atoms with Crippen LogP contribution >= 0.6 is 0 Å². The number of amides is 1. The van der Waals surface area contributed by atoms with Crippen LogP contribution < -0.4 is 5.73 Å². The number of nitrogens with zero attached hydrogens (tertiary/aromatic N) is 3. The molecule has 0 spiro atoms. The van der Waals surface area contributed by atoms with Crippen molar-refractivity contribution < 1.29 is 41.0 Å². The lowest BCUT2D eigenvalue weighted by Gasteiger charge is -2.20. The van der Waals surface area contributed by atoms with E-state index in [1.54, 1.807) is 12.1 Å². The van der Waals surface area contributed by atoms with Crippen LogP contribution in [0.5, 0.6) is 0 Å². The van der Waals surface area contributed by atoms with Crippen molar-refractivity contribution in [1.82, 2.24) is 14.8 Å². The standard InChI is InChI=1S/C30H24F6N4O3/c31-18-9-15(10-19(32)13-18)8-17(26-21(2-1-7-38-26)16-3-5-24(33)23(12-16)29(37)43)11-20(41)14-40-27-22(4-6-25(27)42)28(39-40)30(34,35)36/h1-3,5,7,9-10,12-13,17,25,42H,4,6,8,11,14H2,(H2,37,43)/t17-,25?/m1/s1. The molecule has 5 rings (SSSR count). The van der Waals surface area contributed by atoms with E-state index < -0.39 is 65.1 Å². The van der Waals surface area contributed by atoms with Crippen LogP contribution in [0.25, 0.3) is 11.1 Å². The van der Waals surface area contributed by atoms with Gasteiger partial charge in [0.05, 0.1) is 29.6 Å². The van der Waals surface area contributed by atoms with E-state index in [4.69, 9.17) is 5.73 Å². The Labute approximate surface area is 241 Å². The molecule has 0 aliphatic heterocycles. The zero-order valence-electron chi connectivity index (χ0n) is 22.3. The Morgan fingerprint density at radius 2 is 1.79 bits per heavy atom. The third-order valence-electron chi connectivity index (χ3n) is 7.32. The first kappa shape index (κ1) is 30.0. The van der Waals surface area contributed by atoms with Crippen LogP contribution in [0.1, 0.15) is 63.4 Å². The molecule has 1 amide bonds. The van der Waals surface area contributed by atoms with E-state index in [0.717, 1.165) is 22.9 Å². The molecule has 0 fully saturated rings. The SMILES string of the molecule is NC(=O)c1cc(-c2cccnc2[C@@H](CC(=O)Cn2nc(C(F)(F)F)c3c2C(O)CC3)Cc2cc(F)cc(F)c2)ccc1F. The van der Waals surface area contributed by atoms with Gasteiger partial charge in [0.2, 0.25) is 0 Å². The van der Waals surface area contributed by atoms with E-state index in [9.17, 15) is 41.0 Å². The van der Waals surface area contributed by atoms with Gasteiger partial charge in [-0.2, -0.15) is 18.3 Å². The number of rotatable bonds is 9. The quantitative estimate of drug-likeness (QED) is 0.248. The van der Waals surface area contributed by atoms with Crippen LogP contribution in [0.4, 0.5) is 26.3 Å². The molecule has 0 bridgehead atoms. The van der Waals surface area contributed by atoms with Gasteiger partial charge < -0.3 is 10.8 Å². The number of aliphatic hydroxyl groups excluding tert-OH is 1. The summed E-state index contributed by atoms with van der Waals surface area (Å²) < 4.78 is 84.0. The van der Waals surface area contributed by atoms with Gasteiger partial charge in [-0.25, -0.2) is 13.2 Å². The second-order valence-electron chi connectivity index (χ2n) is 10.3. The number of nitrogens with two attached hydrogens (primary N) is 1. The molecule has 2 aromatic carbocycles. The number of halogens is 6. The molecule has 0 saturated carbocycles. The van der Waals surface area contributed by atoms with Gasteiger partial charge in [-0.1, -0.05) is 12.1 Å². The van der Waals surface area contributed by atoms with Crippen molar-refractivity contribution in [2.24, 2.45) is 5.73 Å². The maximum atomic E-state index is 14.2. The number of hydrogen-bond acceptors (Lipinski definition) is 5. The van der Waals surface area contributed by atoms with Crippen LogP contribution in [0.3, 0.4) is 0 Å². The van der Waals surface area contributed by atoms with Crippen molar-refractivity contribution in [2.75, 3.05) is 0 Å². The number of benzene rings is 2. The molecule has 1 aliphatic carbocycles. The Bertz CT molecular complexity index is 1700. The second kappa shape index (κ2) is 11.6. The number of aliphatic hydroxyl groups is 1. The molecule has 4 aromatic rings. The van der Waals surface area contributed by atoms with Crippen LogP contribution in [0.2, 0.25) is 0 Å². The van der Waals surface area contributed by atoms with Gasteiger partial charge in [0.15, 0.2) is 11.5 Å². The molecule has 0 saturated heterocycles. The van der Waals surface area contributed by atoms with Crippen molar-refractivity contribution in [2.45, 2.75) is 50.4 Å². The van der Waals surface area contributed by atoms with Gasteiger partial charge >= 0.3 is 6.18 Å². The number of Topliss-reactive ketones (excluding diaryl/α,β-unsaturated/α-hetero) is 1. The molecule has 3 N–H and O–H groups in total. The molecule has 0 radical (unpaired) electrons. The first-order chi connectivity index (χ1) is 20.3. The van der Waals surface area contributed by atoms with Crippen molar-refractivity contribution >= 4 is 11.7 Å². The lowest BCUT2D eigenvalue weighted by Crippen LogP contribution is -2.20. The number of aromatic nitrogens is 3. The average Bonchev–Trinajstić information content (AvgIpc) is 3.48. The van der Waals surface area contributed by atoms with E-state index in [-0.39, 0.29) is 48.2 Å². The van der Waals surface area contributed by atoms with Gasteiger partial charge in [-0.3, -0.25) is 19.3 Å². The van der Waals surface area contributed by atoms with Gasteiger partial charge in [0.25, 0.3) is 5.91 Å². The van der Waals surface area contributed by atoms with E-state index in [0.29, 0.717) is 17.2 Å². The number of primary amides is 1. The summed E-state index contributed by atoms with van der Waals surface area (Å²) in [4.78, 5) is 29.6. The molecule has 224 valence electrons. The zero-order chi connectivity index (χ0) is 31.1. The predicted molar refractivity (Wildman–Crippen MR) is 141 cm³/mol. The van der Waals surface area contributed by atoms with Crippen LogP contribution in [0, 0.1) is 17.5 Å². The average molecular weight is 603 g/mol. The summed E-state index contributed by atoms with van der Waals surface area (Å²) in [6.07, 6.45) is -5.05. The lowest BCUT2D eigenvalue weighted by atomic mass is 9.86.